The van der Waals surface area contributed by atoms with E-state index >= 15 is 0 Å². The first-order valence-electron chi connectivity index (χ1n) is 9.08. The fraction of sp³-hybridized carbons (Fsp3) is 0.286. The van der Waals surface area contributed by atoms with Crippen LogP contribution in [0.15, 0.2) is 46.8 Å². The highest BCUT2D eigenvalue weighted by Crippen LogP contribution is 2.32. The standard InChI is InChI=1S/C21H21N3OS2/c1-13-5-3-8-18(11-13)22-20-23-24-21(27-20)26-14(2)19(25)17-10-9-15-6-4-7-16(15)12-17/h3,5,8-12,14H,4,6-7H2,1-2H3,(H,22,23)/t14-/m1/s1. The van der Waals surface area contributed by atoms with Crippen molar-refractivity contribution in [2.24, 2.45) is 0 Å². The van der Waals surface area contributed by atoms with Crippen LogP contribution in [0.25, 0.3) is 0 Å². The van der Waals surface area contributed by atoms with E-state index in [0.717, 1.165) is 33.6 Å². The van der Waals surface area contributed by atoms with Gasteiger partial charge in [-0.15, -0.1) is 10.2 Å². The third-order valence-electron chi connectivity index (χ3n) is 4.71. The summed E-state index contributed by atoms with van der Waals surface area (Å²) in [4.78, 5) is 12.8. The number of carbonyl (C=O) groups is 1. The monoisotopic (exact) mass is 395 g/mol. The number of aromatic nitrogens is 2. The molecule has 0 fully saturated rings. The minimum atomic E-state index is -0.191. The second-order valence-electron chi connectivity index (χ2n) is 6.83. The van der Waals surface area contributed by atoms with Gasteiger partial charge in [-0.3, -0.25) is 4.79 Å². The van der Waals surface area contributed by atoms with Gasteiger partial charge in [0, 0.05) is 11.3 Å². The van der Waals surface area contributed by atoms with E-state index in [-0.39, 0.29) is 11.0 Å². The van der Waals surface area contributed by atoms with E-state index in [9.17, 15) is 4.79 Å². The molecule has 27 heavy (non-hydrogen) atoms. The van der Waals surface area contributed by atoms with E-state index in [1.54, 1.807) is 0 Å². The van der Waals surface area contributed by atoms with E-state index in [4.69, 9.17) is 0 Å². The average Bonchev–Trinajstić information content (AvgIpc) is 3.29. The van der Waals surface area contributed by atoms with Crippen molar-refractivity contribution in [3.05, 3.63) is 64.7 Å². The Morgan fingerprint density at radius 3 is 2.85 bits per heavy atom. The molecule has 1 aliphatic rings. The number of nitrogens with one attached hydrogen (secondary N) is 1. The molecule has 4 nitrogen and oxygen atoms in total. The van der Waals surface area contributed by atoms with Gasteiger partial charge in [0.15, 0.2) is 10.1 Å². The van der Waals surface area contributed by atoms with Gasteiger partial charge in [-0.1, -0.05) is 47.4 Å². The normalized spacial score (nSPS) is 14.0. The second kappa shape index (κ2) is 7.82. The lowest BCUT2D eigenvalue weighted by molar-refractivity contribution is 0.0994. The van der Waals surface area contributed by atoms with Gasteiger partial charge in [0.25, 0.3) is 0 Å². The van der Waals surface area contributed by atoms with E-state index < -0.39 is 0 Å². The molecule has 0 amide bonds. The molecule has 1 N–H and O–H groups in total. The van der Waals surface area contributed by atoms with Crippen LogP contribution in [-0.2, 0) is 12.8 Å². The van der Waals surface area contributed by atoms with Crippen LogP contribution < -0.4 is 5.32 Å². The highest BCUT2D eigenvalue weighted by Gasteiger charge is 2.21. The Bertz CT molecular complexity index is 983. The molecule has 0 bridgehead atoms. The molecule has 0 spiro atoms. The lowest BCUT2D eigenvalue weighted by Gasteiger charge is -2.09. The molecule has 0 saturated carbocycles. The summed E-state index contributed by atoms with van der Waals surface area (Å²) in [5.41, 5.74) is 5.71. The molecule has 1 aliphatic carbocycles. The van der Waals surface area contributed by atoms with Crippen LogP contribution in [0.5, 0.6) is 0 Å². The molecule has 1 aromatic heterocycles. The highest BCUT2D eigenvalue weighted by molar-refractivity contribution is 8.02. The first-order chi connectivity index (χ1) is 13.1. The Kier molecular flexibility index (Phi) is 5.27. The van der Waals surface area contributed by atoms with Gasteiger partial charge in [-0.2, -0.15) is 0 Å². The summed E-state index contributed by atoms with van der Waals surface area (Å²) in [5, 5.41) is 12.2. The minimum absolute atomic E-state index is 0.151. The van der Waals surface area contributed by atoms with Crippen LogP contribution in [0, 0.1) is 6.92 Å². The zero-order valence-corrected chi connectivity index (χ0v) is 17.0. The molecule has 3 aromatic rings. The predicted molar refractivity (Wildman–Crippen MR) is 112 cm³/mol. The molecule has 138 valence electrons. The van der Waals surface area contributed by atoms with Gasteiger partial charge in [0.1, 0.15) is 0 Å². The molecule has 6 heteroatoms. The summed E-state index contributed by atoms with van der Waals surface area (Å²) < 4.78 is 0.798. The van der Waals surface area contributed by atoms with E-state index in [1.165, 1.54) is 46.2 Å². The Labute approximate surface area is 167 Å². The first kappa shape index (κ1) is 18.2. The Morgan fingerprint density at radius 1 is 1.15 bits per heavy atom. The number of Topliss-reactive ketones (excluding diaryl/α,β-unsaturated/α-hetero) is 1. The van der Waals surface area contributed by atoms with Gasteiger partial charge in [-0.05, 0) is 68.0 Å². The zero-order chi connectivity index (χ0) is 18.8. The number of anilines is 2. The maximum Gasteiger partial charge on any atom is 0.210 e. The summed E-state index contributed by atoms with van der Waals surface area (Å²) in [6, 6.07) is 14.3. The number of fused-ring (bicyclic) bond motifs is 1. The van der Waals surface area contributed by atoms with Crippen LogP contribution in [0.4, 0.5) is 10.8 Å². The fourth-order valence-corrected chi connectivity index (χ4v) is 5.31. The molecular weight excluding hydrogens is 374 g/mol. The van der Waals surface area contributed by atoms with Crippen molar-refractivity contribution in [3.63, 3.8) is 0 Å². The molecule has 0 aliphatic heterocycles. The quantitative estimate of drug-likeness (QED) is 0.445. The molecule has 2 aromatic carbocycles. The zero-order valence-electron chi connectivity index (χ0n) is 15.4. The summed E-state index contributed by atoms with van der Waals surface area (Å²) in [6.07, 6.45) is 3.41. The van der Waals surface area contributed by atoms with Gasteiger partial charge in [0.05, 0.1) is 5.25 Å². The SMILES string of the molecule is Cc1cccc(Nc2nnc(S[C@H](C)C(=O)c3ccc4c(c3)CCC4)s2)c1. The minimum Gasteiger partial charge on any atom is -0.330 e. The smallest absolute Gasteiger partial charge is 0.210 e. The van der Waals surface area contributed by atoms with Gasteiger partial charge in [-0.25, -0.2) is 0 Å². The maximum absolute atomic E-state index is 12.8. The van der Waals surface area contributed by atoms with Crippen molar-refractivity contribution in [3.8, 4) is 0 Å². The number of hydrogen-bond donors (Lipinski definition) is 1. The third kappa shape index (κ3) is 4.22. The van der Waals surface area contributed by atoms with Crippen LogP contribution in [0.3, 0.4) is 0 Å². The molecule has 1 atom stereocenters. The molecule has 4 rings (SSSR count). The Hall–Kier alpha value is -2.18. The highest BCUT2D eigenvalue weighted by atomic mass is 32.2. The van der Waals surface area contributed by atoms with Gasteiger partial charge >= 0.3 is 0 Å². The summed E-state index contributed by atoms with van der Waals surface area (Å²) >= 11 is 2.94. The number of ketones is 1. The van der Waals surface area contributed by atoms with Crippen LogP contribution in [-0.4, -0.2) is 21.2 Å². The Balaban J connectivity index is 1.41. The van der Waals surface area contributed by atoms with Crippen molar-refractivity contribution in [2.75, 3.05) is 5.32 Å². The van der Waals surface area contributed by atoms with Crippen molar-refractivity contribution < 1.29 is 4.79 Å². The lowest BCUT2D eigenvalue weighted by Crippen LogP contribution is -2.13. The van der Waals surface area contributed by atoms with Gasteiger partial charge in [0.2, 0.25) is 5.13 Å². The van der Waals surface area contributed by atoms with Crippen LogP contribution in [0.2, 0.25) is 0 Å². The van der Waals surface area contributed by atoms with Crippen LogP contribution >= 0.6 is 23.1 Å². The molecule has 1 heterocycles. The van der Waals surface area contributed by atoms with Crippen molar-refractivity contribution in [1.82, 2.24) is 10.2 Å². The first-order valence-corrected chi connectivity index (χ1v) is 10.8. The van der Waals surface area contributed by atoms with Crippen molar-refractivity contribution in [1.29, 1.82) is 0 Å². The number of thioether (sulfide) groups is 1. The number of aryl methyl sites for hydroxylation is 3. The number of rotatable bonds is 6. The largest absolute Gasteiger partial charge is 0.330 e. The van der Waals surface area contributed by atoms with Crippen molar-refractivity contribution in [2.45, 2.75) is 42.7 Å². The van der Waals surface area contributed by atoms with Gasteiger partial charge < -0.3 is 5.32 Å². The number of nitrogens with zero attached hydrogens (tertiary/aromatic N) is 2. The molecule has 0 unspecified atom stereocenters. The average molecular weight is 396 g/mol. The summed E-state index contributed by atoms with van der Waals surface area (Å²) in [7, 11) is 0. The molecule has 0 radical (unpaired) electrons. The number of carbonyl (C=O) groups excluding carboxylic acids is 1. The lowest BCUT2D eigenvalue weighted by atomic mass is 10.0. The molecular formula is C21H21N3OS2. The molecule has 0 saturated heterocycles. The maximum atomic E-state index is 12.8. The van der Waals surface area contributed by atoms with E-state index in [0.29, 0.717) is 0 Å². The second-order valence-corrected chi connectivity index (χ2v) is 9.39. The van der Waals surface area contributed by atoms with E-state index in [2.05, 4.69) is 46.7 Å². The third-order valence-corrected chi connectivity index (χ3v) is 6.73. The number of hydrogen-bond acceptors (Lipinski definition) is 6. The Morgan fingerprint density at radius 2 is 2.00 bits per heavy atom. The topological polar surface area (TPSA) is 54.9 Å². The summed E-state index contributed by atoms with van der Waals surface area (Å²) in [6.45, 7) is 3.99. The fourth-order valence-electron chi connectivity index (χ4n) is 3.32. The van der Waals surface area contributed by atoms with E-state index in [1.807, 2.05) is 25.1 Å². The summed E-state index contributed by atoms with van der Waals surface area (Å²) in [5.74, 6) is 0.151. The number of benzene rings is 2. The van der Waals surface area contributed by atoms with Crippen molar-refractivity contribution >= 4 is 39.7 Å². The van der Waals surface area contributed by atoms with Crippen LogP contribution in [0.1, 0.15) is 40.4 Å². The predicted octanol–water partition coefficient (Wildman–Crippen LogP) is 5.44.